The second-order valence-electron chi connectivity index (χ2n) is 3.64. The molecule has 0 saturated heterocycles. The van der Waals surface area contributed by atoms with Crippen molar-refractivity contribution in [2.45, 2.75) is 20.3 Å². The normalized spacial score (nSPS) is 9.88. The van der Waals surface area contributed by atoms with Gasteiger partial charge in [-0.15, -0.1) is 0 Å². The minimum atomic E-state index is -0.150. The predicted octanol–water partition coefficient (Wildman–Crippen LogP) is 1.61. The maximum absolute atomic E-state index is 11.2. The van der Waals surface area contributed by atoms with Crippen LogP contribution in [-0.4, -0.2) is 24.2 Å². The van der Waals surface area contributed by atoms with Crippen molar-refractivity contribution in [3.63, 3.8) is 0 Å². The fourth-order valence-electron chi connectivity index (χ4n) is 1.28. The van der Waals surface area contributed by atoms with Gasteiger partial charge in [0.05, 0.1) is 0 Å². The number of carbonyl (C=O) groups excluding carboxylic acids is 1. The van der Waals surface area contributed by atoms with Gasteiger partial charge in [0.15, 0.2) is 6.61 Å². The summed E-state index contributed by atoms with van der Waals surface area (Å²) in [6, 6.07) is 4.89. The van der Waals surface area contributed by atoms with Crippen molar-refractivity contribution in [1.29, 1.82) is 0 Å². The molecular weight excluding hydrogens is 206 g/mol. The Bertz CT molecular complexity index is 343. The Kier molecular flexibility index (Phi) is 4.64. The van der Waals surface area contributed by atoms with Gasteiger partial charge in [-0.25, -0.2) is 0 Å². The van der Waals surface area contributed by atoms with Crippen molar-refractivity contribution in [3.05, 3.63) is 23.8 Å². The number of aryl methyl sites for hydroxylation is 1. The highest BCUT2D eigenvalue weighted by molar-refractivity contribution is 5.77. The first-order valence-corrected chi connectivity index (χ1v) is 5.32. The summed E-state index contributed by atoms with van der Waals surface area (Å²) in [6.45, 7) is 4.47. The average molecular weight is 223 g/mol. The number of aromatic hydroxyl groups is 1. The van der Waals surface area contributed by atoms with Crippen molar-refractivity contribution in [2.75, 3.05) is 13.2 Å². The number of benzene rings is 1. The molecule has 0 aliphatic heterocycles. The van der Waals surface area contributed by atoms with Gasteiger partial charge in [-0.1, -0.05) is 6.92 Å². The Morgan fingerprint density at radius 1 is 1.44 bits per heavy atom. The lowest BCUT2D eigenvalue weighted by molar-refractivity contribution is -0.123. The maximum Gasteiger partial charge on any atom is 0.257 e. The molecule has 0 aromatic heterocycles. The zero-order valence-corrected chi connectivity index (χ0v) is 9.62. The molecule has 88 valence electrons. The first kappa shape index (κ1) is 12.4. The molecule has 0 saturated carbocycles. The van der Waals surface area contributed by atoms with Gasteiger partial charge in [-0.2, -0.15) is 0 Å². The van der Waals surface area contributed by atoms with Crippen molar-refractivity contribution in [2.24, 2.45) is 0 Å². The van der Waals surface area contributed by atoms with E-state index in [0.717, 1.165) is 12.0 Å². The van der Waals surface area contributed by atoms with Crippen molar-refractivity contribution < 1.29 is 14.6 Å². The van der Waals surface area contributed by atoms with Crippen LogP contribution in [0.5, 0.6) is 11.5 Å². The lowest BCUT2D eigenvalue weighted by atomic mass is 10.2. The van der Waals surface area contributed by atoms with Crippen molar-refractivity contribution >= 4 is 5.91 Å². The van der Waals surface area contributed by atoms with E-state index in [-0.39, 0.29) is 18.3 Å². The molecule has 0 radical (unpaired) electrons. The van der Waals surface area contributed by atoms with E-state index in [1.807, 2.05) is 13.8 Å². The summed E-state index contributed by atoms with van der Waals surface area (Å²) in [5.74, 6) is 0.496. The van der Waals surface area contributed by atoms with Gasteiger partial charge in [-0.3, -0.25) is 4.79 Å². The van der Waals surface area contributed by atoms with Gasteiger partial charge in [-0.05, 0) is 31.0 Å². The van der Waals surface area contributed by atoms with E-state index in [4.69, 9.17) is 4.74 Å². The Hall–Kier alpha value is -1.71. The molecule has 1 rings (SSSR count). The third-order valence-corrected chi connectivity index (χ3v) is 1.98. The van der Waals surface area contributed by atoms with Gasteiger partial charge in [0.1, 0.15) is 11.5 Å². The molecule has 0 heterocycles. The molecule has 4 heteroatoms. The van der Waals surface area contributed by atoms with Crippen LogP contribution < -0.4 is 10.1 Å². The number of hydrogen-bond acceptors (Lipinski definition) is 3. The second kappa shape index (κ2) is 6.00. The van der Waals surface area contributed by atoms with Gasteiger partial charge >= 0.3 is 0 Å². The van der Waals surface area contributed by atoms with Gasteiger partial charge < -0.3 is 15.2 Å². The van der Waals surface area contributed by atoms with E-state index in [9.17, 15) is 9.90 Å². The Balaban J connectivity index is 2.45. The fraction of sp³-hybridized carbons (Fsp3) is 0.417. The van der Waals surface area contributed by atoms with Crippen LogP contribution in [0.25, 0.3) is 0 Å². The second-order valence-corrected chi connectivity index (χ2v) is 3.64. The van der Waals surface area contributed by atoms with E-state index in [1.165, 1.54) is 6.07 Å². The van der Waals surface area contributed by atoms with Crippen molar-refractivity contribution in [3.8, 4) is 11.5 Å². The number of carbonyl (C=O) groups is 1. The molecular formula is C12H17NO3. The zero-order chi connectivity index (χ0) is 12.0. The lowest BCUT2D eigenvalue weighted by Gasteiger charge is -2.07. The summed E-state index contributed by atoms with van der Waals surface area (Å²) in [5.41, 5.74) is 0.893. The smallest absolute Gasteiger partial charge is 0.257 e. The van der Waals surface area contributed by atoms with Gasteiger partial charge in [0.25, 0.3) is 5.91 Å². The highest BCUT2D eigenvalue weighted by atomic mass is 16.5. The Morgan fingerprint density at radius 2 is 2.19 bits per heavy atom. The molecule has 4 nitrogen and oxygen atoms in total. The van der Waals surface area contributed by atoms with Gasteiger partial charge in [0, 0.05) is 12.6 Å². The minimum absolute atomic E-state index is 0.0249. The third kappa shape index (κ3) is 4.21. The molecule has 0 unspecified atom stereocenters. The quantitative estimate of drug-likeness (QED) is 0.797. The average Bonchev–Trinajstić information content (AvgIpc) is 2.22. The summed E-state index contributed by atoms with van der Waals surface area (Å²) < 4.78 is 5.25. The van der Waals surface area contributed by atoms with E-state index in [0.29, 0.717) is 12.3 Å². The molecule has 1 aromatic rings. The van der Waals surface area contributed by atoms with Crippen LogP contribution >= 0.6 is 0 Å². The molecule has 0 aliphatic carbocycles. The SMILES string of the molecule is CCCNC(=O)COc1cc(C)cc(O)c1. The first-order chi connectivity index (χ1) is 7.61. The summed E-state index contributed by atoms with van der Waals surface area (Å²) in [7, 11) is 0. The molecule has 1 amide bonds. The standard InChI is InChI=1S/C12H17NO3/c1-3-4-13-12(15)8-16-11-6-9(2)5-10(14)7-11/h5-7,14H,3-4,8H2,1-2H3,(H,13,15). The molecule has 0 atom stereocenters. The predicted molar refractivity (Wildman–Crippen MR) is 61.6 cm³/mol. The molecule has 0 fully saturated rings. The topological polar surface area (TPSA) is 58.6 Å². The summed E-state index contributed by atoms with van der Waals surface area (Å²) in [4.78, 5) is 11.2. The highest BCUT2D eigenvalue weighted by Crippen LogP contribution is 2.20. The van der Waals surface area contributed by atoms with Crippen LogP contribution in [0.4, 0.5) is 0 Å². The Labute approximate surface area is 95.2 Å². The number of ether oxygens (including phenoxy) is 1. The molecule has 2 N–H and O–H groups in total. The van der Waals surface area contributed by atoms with Gasteiger partial charge in [0.2, 0.25) is 0 Å². The number of phenols is 1. The van der Waals surface area contributed by atoms with E-state index in [2.05, 4.69) is 5.32 Å². The summed E-state index contributed by atoms with van der Waals surface area (Å²) >= 11 is 0. The molecule has 0 spiro atoms. The lowest BCUT2D eigenvalue weighted by Crippen LogP contribution is -2.29. The van der Waals surface area contributed by atoms with E-state index < -0.39 is 0 Å². The van der Waals surface area contributed by atoms with Crippen molar-refractivity contribution in [1.82, 2.24) is 5.32 Å². The van der Waals surface area contributed by atoms with Crippen LogP contribution in [0.3, 0.4) is 0 Å². The summed E-state index contributed by atoms with van der Waals surface area (Å²) in [6.07, 6.45) is 0.900. The van der Waals surface area contributed by atoms with E-state index in [1.54, 1.807) is 12.1 Å². The highest BCUT2D eigenvalue weighted by Gasteiger charge is 2.03. The largest absolute Gasteiger partial charge is 0.508 e. The number of phenolic OH excluding ortho intramolecular Hbond substituents is 1. The molecule has 1 aromatic carbocycles. The monoisotopic (exact) mass is 223 g/mol. The summed E-state index contributed by atoms with van der Waals surface area (Å²) in [5, 5.41) is 12.0. The number of nitrogens with one attached hydrogen (secondary N) is 1. The van der Waals surface area contributed by atoms with E-state index >= 15 is 0 Å². The zero-order valence-electron chi connectivity index (χ0n) is 9.62. The van der Waals surface area contributed by atoms with Crippen LogP contribution in [0.1, 0.15) is 18.9 Å². The molecule has 0 bridgehead atoms. The van der Waals surface area contributed by atoms with Crippen LogP contribution in [-0.2, 0) is 4.79 Å². The number of amides is 1. The van der Waals surface area contributed by atoms with Crippen LogP contribution in [0.15, 0.2) is 18.2 Å². The third-order valence-electron chi connectivity index (χ3n) is 1.98. The molecule has 0 aliphatic rings. The van der Waals surface area contributed by atoms with Crippen LogP contribution in [0, 0.1) is 6.92 Å². The van der Waals surface area contributed by atoms with Crippen LogP contribution in [0.2, 0.25) is 0 Å². The first-order valence-electron chi connectivity index (χ1n) is 5.32. The molecule has 16 heavy (non-hydrogen) atoms. The number of rotatable bonds is 5. The minimum Gasteiger partial charge on any atom is -0.508 e. The Morgan fingerprint density at radius 3 is 2.81 bits per heavy atom. The fourth-order valence-corrected chi connectivity index (χ4v) is 1.28. The number of hydrogen-bond donors (Lipinski definition) is 2. The maximum atomic E-state index is 11.2.